The van der Waals surface area contributed by atoms with E-state index in [0.29, 0.717) is 18.8 Å². The van der Waals surface area contributed by atoms with Crippen molar-refractivity contribution in [3.63, 3.8) is 0 Å². The minimum atomic E-state index is -0.316. The first-order valence-electron chi connectivity index (χ1n) is 9.98. The van der Waals surface area contributed by atoms with Crippen molar-refractivity contribution in [1.29, 1.82) is 0 Å². The van der Waals surface area contributed by atoms with Crippen molar-refractivity contribution in [2.24, 2.45) is 0 Å². The van der Waals surface area contributed by atoms with E-state index in [4.69, 9.17) is 0 Å². The van der Waals surface area contributed by atoms with Crippen LogP contribution in [0.25, 0.3) is 11.2 Å². The van der Waals surface area contributed by atoms with Gasteiger partial charge in [-0.3, -0.25) is 4.90 Å². The van der Waals surface area contributed by atoms with Crippen molar-refractivity contribution < 1.29 is 9.18 Å². The Hall–Kier alpha value is -3.00. The van der Waals surface area contributed by atoms with Gasteiger partial charge in [0.1, 0.15) is 17.2 Å². The molecule has 1 aliphatic heterocycles. The molecule has 152 valence electrons. The van der Waals surface area contributed by atoms with E-state index in [2.05, 4.69) is 31.7 Å². The number of amides is 2. The van der Waals surface area contributed by atoms with E-state index in [9.17, 15) is 9.18 Å². The number of rotatable bonds is 5. The molecular weight excluding hydrogens is 371 g/mol. The van der Waals surface area contributed by atoms with Crippen LogP contribution in [0.3, 0.4) is 0 Å². The van der Waals surface area contributed by atoms with Gasteiger partial charge in [-0.25, -0.2) is 19.2 Å². The molecule has 4 rings (SSSR count). The lowest BCUT2D eigenvalue weighted by Crippen LogP contribution is -2.50. The third kappa shape index (κ3) is 4.37. The quantitative estimate of drug-likeness (QED) is 0.720. The topological polar surface area (TPSA) is 66.3 Å². The number of pyridine rings is 1. The SMILES string of the molecule is CCc1nc2cccnc2n1CCN1CCN(C(=O)Nc2ccc(F)cc2)CC1. The predicted octanol–water partition coefficient (Wildman–Crippen LogP) is 2.98. The summed E-state index contributed by atoms with van der Waals surface area (Å²) in [4.78, 5) is 25.7. The first-order chi connectivity index (χ1) is 14.1. The second kappa shape index (κ2) is 8.57. The summed E-state index contributed by atoms with van der Waals surface area (Å²) in [5, 5.41) is 2.82. The lowest BCUT2D eigenvalue weighted by atomic mass is 10.3. The lowest BCUT2D eigenvalue weighted by Gasteiger charge is -2.34. The highest BCUT2D eigenvalue weighted by atomic mass is 19.1. The number of nitrogens with zero attached hydrogens (tertiary/aromatic N) is 5. The van der Waals surface area contributed by atoms with Crippen molar-refractivity contribution in [2.75, 3.05) is 38.0 Å². The van der Waals surface area contributed by atoms with Crippen LogP contribution in [-0.2, 0) is 13.0 Å². The average Bonchev–Trinajstić information content (AvgIpc) is 3.12. The number of nitrogens with one attached hydrogen (secondary N) is 1. The van der Waals surface area contributed by atoms with Gasteiger partial charge in [-0.05, 0) is 36.4 Å². The number of aryl methyl sites for hydroxylation is 1. The zero-order chi connectivity index (χ0) is 20.2. The summed E-state index contributed by atoms with van der Waals surface area (Å²) in [6.45, 7) is 6.79. The third-order valence-electron chi connectivity index (χ3n) is 5.29. The summed E-state index contributed by atoms with van der Waals surface area (Å²) < 4.78 is 15.2. The van der Waals surface area contributed by atoms with Crippen LogP contribution in [0, 0.1) is 5.82 Å². The molecule has 0 bridgehead atoms. The number of aromatic nitrogens is 3. The highest BCUT2D eigenvalue weighted by Crippen LogP contribution is 2.15. The molecule has 0 aliphatic carbocycles. The summed E-state index contributed by atoms with van der Waals surface area (Å²) >= 11 is 0. The number of hydrogen-bond donors (Lipinski definition) is 1. The van der Waals surface area contributed by atoms with E-state index in [1.54, 1.807) is 23.2 Å². The molecule has 0 unspecified atom stereocenters. The van der Waals surface area contributed by atoms with E-state index >= 15 is 0 Å². The highest BCUT2D eigenvalue weighted by Gasteiger charge is 2.21. The van der Waals surface area contributed by atoms with E-state index in [0.717, 1.165) is 49.6 Å². The van der Waals surface area contributed by atoms with Gasteiger partial charge < -0.3 is 14.8 Å². The Kier molecular flexibility index (Phi) is 5.71. The fourth-order valence-corrected chi connectivity index (χ4v) is 3.66. The Morgan fingerprint density at radius 3 is 2.59 bits per heavy atom. The van der Waals surface area contributed by atoms with Crippen molar-refractivity contribution >= 4 is 22.9 Å². The number of fused-ring (bicyclic) bond motifs is 1. The number of benzene rings is 1. The Morgan fingerprint density at radius 1 is 1.10 bits per heavy atom. The Labute approximate surface area is 169 Å². The molecular formula is C21H25FN6O. The maximum Gasteiger partial charge on any atom is 0.321 e. The second-order valence-electron chi connectivity index (χ2n) is 7.15. The summed E-state index contributed by atoms with van der Waals surface area (Å²) in [5.74, 6) is 0.736. The number of carbonyl (C=O) groups is 1. The van der Waals surface area contributed by atoms with Crippen molar-refractivity contribution in [3.8, 4) is 0 Å². The standard InChI is InChI=1S/C21H25FN6O/c1-2-19-25-18-4-3-9-23-20(18)28(19)15-12-26-10-13-27(14-11-26)21(29)24-17-7-5-16(22)6-8-17/h3-9H,2,10-15H2,1H3,(H,24,29). The summed E-state index contributed by atoms with van der Waals surface area (Å²) in [5.41, 5.74) is 2.47. The molecule has 7 nitrogen and oxygen atoms in total. The van der Waals surface area contributed by atoms with E-state index in [1.165, 1.54) is 12.1 Å². The molecule has 8 heteroatoms. The second-order valence-corrected chi connectivity index (χ2v) is 7.15. The maximum atomic E-state index is 13.0. The fourth-order valence-electron chi connectivity index (χ4n) is 3.66. The van der Waals surface area contributed by atoms with Gasteiger partial charge in [0.15, 0.2) is 5.65 Å². The molecule has 1 aromatic carbocycles. The number of urea groups is 1. The number of anilines is 1. The van der Waals surface area contributed by atoms with Crippen LogP contribution in [-0.4, -0.2) is 63.1 Å². The van der Waals surface area contributed by atoms with Crippen LogP contribution in [0.2, 0.25) is 0 Å². The maximum absolute atomic E-state index is 13.0. The normalized spacial score (nSPS) is 15.0. The first kappa shape index (κ1) is 19.3. The fraction of sp³-hybridized carbons (Fsp3) is 0.381. The highest BCUT2D eigenvalue weighted by molar-refractivity contribution is 5.89. The Morgan fingerprint density at radius 2 is 1.86 bits per heavy atom. The zero-order valence-electron chi connectivity index (χ0n) is 16.5. The molecule has 1 saturated heterocycles. The zero-order valence-corrected chi connectivity index (χ0v) is 16.5. The average molecular weight is 396 g/mol. The van der Waals surface area contributed by atoms with Crippen molar-refractivity contribution in [3.05, 3.63) is 54.2 Å². The van der Waals surface area contributed by atoms with Crippen molar-refractivity contribution in [1.82, 2.24) is 24.3 Å². The molecule has 0 radical (unpaired) electrons. The summed E-state index contributed by atoms with van der Waals surface area (Å²) in [6.07, 6.45) is 2.67. The Balaban J connectivity index is 1.30. The first-order valence-corrected chi connectivity index (χ1v) is 9.98. The number of halogens is 1. The molecule has 0 atom stereocenters. The van der Waals surface area contributed by atoms with Crippen LogP contribution in [0.5, 0.6) is 0 Å². The van der Waals surface area contributed by atoms with Gasteiger partial charge in [-0.15, -0.1) is 0 Å². The molecule has 0 saturated carbocycles. The number of piperazine rings is 1. The molecule has 3 aromatic rings. The van der Waals surface area contributed by atoms with Crippen molar-refractivity contribution in [2.45, 2.75) is 19.9 Å². The molecule has 1 N–H and O–H groups in total. The molecule has 29 heavy (non-hydrogen) atoms. The largest absolute Gasteiger partial charge is 0.322 e. The summed E-state index contributed by atoms with van der Waals surface area (Å²) in [6, 6.07) is 9.58. The third-order valence-corrected chi connectivity index (χ3v) is 5.29. The van der Waals surface area contributed by atoms with Crippen LogP contribution in [0.1, 0.15) is 12.7 Å². The smallest absolute Gasteiger partial charge is 0.321 e. The van der Waals surface area contributed by atoms with E-state index < -0.39 is 0 Å². The Bertz CT molecular complexity index is 979. The van der Waals surface area contributed by atoms with Crippen LogP contribution in [0.4, 0.5) is 14.9 Å². The van der Waals surface area contributed by atoms with Gasteiger partial charge in [0.25, 0.3) is 0 Å². The van der Waals surface area contributed by atoms with E-state index in [1.807, 2.05) is 12.1 Å². The van der Waals surface area contributed by atoms with Crippen LogP contribution in [0.15, 0.2) is 42.6 Å². The van der Waals surface area contributed by atoms with Gasteiger partial charge in [0.05, 0.1) is 0 Å². The minimum absolute atomic E-state index is 0.144. The van der Waals surface area contributed by atoms with Crippen LogP contribution < -0.4 is 5.32 Å². The van der Waals surface area contributed by atoms with Gasteiger partial charge in [-0.2, -0.15) is 0 Å². The number of imidazole rings is 1. The lowest BCUT2D eigenvalue weighted by molar-refractivity contribution is 0.144. The monoisotopic (exact) mass is 396 g/mol. The number of hydrogen-bond acceptors (Lipinski definition) is 4. The molecule has 1 fully saturated rings. The van der Waals surface area contributed by atoms with E-state index in [-0.39, 0.29) is 11.8 Å². The molecule has 2 amide bonds. The van der Waals surface area contributed by atoms with Gasteiger partial charge in [0, 0.05) is 57.6 Å². The van der Waals surface area contributed by atoms with Gasteiger partial charge in [-0.1, -0.05) is 6.92 Å². The molecule has 2 aromatic heterocycles. The predicted molar refractivity (Wildman–Crippen MR) is 110 cm³/mol. The van der Waals surface area contributed by atoms with Gasteiger partial charge >= 0.3 is 6.03 Å². The summed E-state index contributed by atoms with van der Waals surface area (Å²) in [7, 11) is 0. The van der Waals surface area contributed by atoms with Crippen LogP contribution >= 0.6 is 0 Å². The number of carbonyl (C=O) groups excluding carboxylic acids is 1. The minimum Gasteiger partial charge on any atom is -0.322 e. The molecule has 1 aliphatic rings. The van der Waals surface area contributed by atoms with Gasteiger partial charge in [0.2, 0.25) is 0 Å². The molecule has 0 spiro atoms. The molecule has 3 heterocycles.